The van der Waals surface area contributed by atoms with Crippen molar-refractivity contribution in [1.29, 1.82) is 0 Å². The zero-order chi connectivity index (χ0) is 14.8. The molecule has 3 nitrogen and oxygen atoms in total. The smallest absolute Gasteiger partial charge is 0.208 e. The molecule has 0 fully saturated rings. The molecule has 0 aliphatic carbocycles. The third kappa shape index (κ3) is 14.1. The molecule has 0 aromatic rings. The molecular formula is C15H33NO2S. The first-order valence-corrected chi connectivity index (χ1v) is 9.60. The average molecular weight is 292 g/mol. The summed E-state index contributed by atoms with van der Waals surface area (Å²) in [5.74, 6) is 0. The molecule has 0 saturated heterocycles. The van der Waals surface area contributed by atoms with E-state index in [1.807, 2.05) is 0 Å². The molecule has 0 rings (SSSR count). The van der Waals surface area contributed by atoms with E-state index in [1.165, 1.54) is 51.2 Å². The second-order valence-electron chi connectivity index (χ2n) is 6.45. The Morgan fingerprint density at radius 2 is 1.42 bits per heavy atom. The van der Waals surface area contributed by atoms with E-state index in [-0.39, 0.29) is 0 Å². The first-order valence-electron chi connectivity index (χ1n) is 7.71. The lowest BCUT2D eigenvalue weighted by Crippen LogP contribution is -2.24. The molecule has 1 N–H and O–H groups in total. The number of hydrogen-bond acceptors (Lipinski definition) is 2. The summed E-state index contributed by atoms with van der Waals surface area (Å²) in [5, 5.41) is 0. The maximum absolute atomic E-state index is 10.9. The minimum atomic E-state index is -3.02. The zero-order valence-electron chi connectivity index (χ0n) is 13.3. The van der Waals surface area contributed by atoms with Crippen molar-refractivity contribution in [2.75, 3.05) is 12.8 Å². The lowest BCUT2D eigenvalue weighted by Gasteiger charge is -2.24. The van der Waals surface area contributed by atoms with Crippen molar-refractivity contribution in [2.24, 2.45) is 5.41 Å². The van der Waals surface area contributed by atoms with E-state index in [9.17, 15) is 8.42 Å². The number of rotatable bonds is 12. The second-order valence-corrected chi connectivity index (χ2v) is 8.29. The van der Waals surface area contributed by atoms with Crippen LogP contribution in [0.5, 0.6) is 0 Å². The van der Waals surface area contributed by atoms with Gasteiger partial charge in [0, 0.05) is 6.54 Å². The van der Waals surface area contributed by atoms with Crippen molar-refractivity contribution in [1.82, 2.24) is 4.72 Å². The fourth-order valence-electron chi connectivity index (χ4n) is 2.33. The van der Waals surface area contributed by atoms with Crippen LogP contribution in [0.25, 0.3) is 0 Å². The summed E-state index contributed by atoms with van der Waals surface area (Å²) in [6.07, 6.45) is 12.5. The van der Waals surface area contributed by atoms with Gasteiger partial charge in [0.2, 0.25) is 10.0 Å². The normalized spacial score (nSPS) is 12.8. The van der Waals surface area contributed by atoms with Gasteiger partial charge in [0.25, 0.3) is 0 Å². The van der Waals surface area contributed by atoms with Crippen LogP contribution in [0.1, 0.15) is 78.6 Å². The van der Waals surface area contributed by atoms with E-state index in [2.05, 4.69) is 25.5 Å². The molecular weight excluding hydrogens is 258 g/mol. The van der Waals surface area contributed by atoms with Gasteiger partial charge in [-0.1, -0.05) is 59.3 Å². The third-order valence-electron chi connectivity index (χ3n) is 3.60. The molecule has 0 bridgehead atoms. The highest BCUT2D eigenvalue weighted by atomic mass is 32.2. The van der Waals surface area contributed by atoms with Gasteiger partial charge < -0.3 is 0 Å². The lowest BCUT2D eigenvalue weighted by molar-refractivity contribution is 0.287. The Bertz CT molecular complexity index is 310. The minimum Gasteiger partial charge on any atom is -0.215 e. The fraction of sp³-hybridized carbons (Fsp3) is 1.00. The van der Waals surface area contributed by atoms with Gasteiger partial charge in [-0.3, -0.25) is 0 Å². The van der Waals surface area contributed by atoms with Crippen LogP contribution < -0.4 is 4.72 Å². The molecule has 0 saturated carbocycles. The summed E-state index contributed by atoms with van der Waals surface area (Å²) in [5.41, 5.74) is 0.337. The lowest BCUT2D eigenvalue weighted by atomic mass is 9.82. The molecule has 0 unspecified atom stereocenters. The first kappa shape index (κ1) is 18.9. The monoisotopic (exact) mass is 291 g/mol. The van der Waals surface area contributed by atoms with Crippen LogP contribution in [0.15, 0.2) is 0 Å². The van der Waals surface area contributed by atoms with Crippen molar-refractivity contribution in [3.05, 3.63) is 0 Å². The Balaban J connectivity index is 3.57. The summed E-state index contributed by atoms with van der Waals surface area (Å²) < 4.78 is 24.4. The number of unbranched alkanes of at least 4 members (excludes halogenated alkanes) is 5. The van der Waals surface area contributed by atoms with E-state index in [0.29, 0.717) is 12.0 Å². The molecule has 19 heavy (non-hydrogen) atoms. The minimum absolute atomic E-state index is 0.337. The summed E-state index contributed by atoms with van der Waals surface area (Å²) in [4.78, 5) is 0. The molecule has 116 valence electrons. The van der Waals surface area contributed by atoms with Crippen molar-refractivity contribution in [2.45, 2.75) is 78.6 Å². The van der Waals surface area contributed by atoms with Gasteiger partial charge >= 0.3 is 0 Å². The van der Waals surface area contributed by atoms with Gasteiger partial charge in [0.1, 0.15) is 0 Å². The van der Waals surface area contributed by atoms with Gasteiger partial charge in [-0.15, -0.1) is 0 Å². The standard InChI is InChI=1S/C15H33NO2S/c1-5-6-7-8-9-10-12-15(2,3)13-11-14-16-19(4,17)18/h16H,5-14H2,1-4H3. The third-order valence-corrected chi connectivity index (χ3v) is 4.33. The Morgan fingerprint density at radius 3 is 2.00 bits per heavy atom. The van der Waals surface area contributed by atoms with Gasteiger partial charge in [-0.25, -0.2) is 13.1 Å². The van der Waals surface area contributed by atoms with Crippen LogP contribution in [0.2, 0.25) is 0 Å². The number of nitrogens with one attached hydrogen (secondary N) is 1. The Hall–Kier alpha value is -0.0900. The Kier molecular flexibility index (Phi) is 9.71. The maximum Gasteiger partial charge on any atom is 0.208 e. The molecule has 0 atom stereocenters. The Labute approximate surface area is 120 Å². The van der Waals surface area contributed by atoms with Crippen molar-refractivity contribution >= 4 is 10.0 Å². The zero-order valence-corrected chi connectivity index (χ0v) is 14.1. The van der Waals surface area contributed by atoms with Crippen molar-refractivity contribution in [3.63, 3.8) is 0 Å². The van der Waals surface area contributed by atoms with E-state index >= 15 is 0 Å². The SMILES string of the molecule is CCCCCCCCC(C)(C)CCCNS(C)(=O)=O. The molecule has 0 spiro atoms. The van der Waals surface area contributed by atoms with E-state index in [1.54, 1.807) is 0 Å². The van der Waals surface area contributed by atoms with Crippen LogP contribution in [0, 0.1) is 5.41 Å². The number of sulfonamides is 1. The molecule has 0 aliphatic heterocycles. The molecule has 0 aliphatic rings. The van der Waals surface area contributed by atoms with Crippen molar-refractivity contribution in [3.8, 4) is 0 Å². The fourth-order valence-corrected chi connectivity index (χ4v) is 2.85. The maximum atomic E-state index is 10.9. The molecule has 0 aromatic carbocycles. The van der Waals surface area contributed by atoms with Crippen molar-refractivity contribution < 1.29 is 8.42 Å². The first-order chi connectivity index (χ1) is 8.77. The van der Waals surface area contributed by atoms with Gasteiger partial charge in [0.15, 0.2) is 0 Å². The average Bonchev–Trinajstić information content (AvgIpc) is 2.28. The van der Waals surface area contributed by atoms with E-state index < -0.39 is 10.0 Å². The van der Waals surface area contributed by atoms with Crippen LogP contribution >= 0.6 is 0 Å². The predicted octanol–water partition coefficient (Wildman–Crippen LogP) is 4.09. The molecule has 4 heteroatoms. The van der Waals surface area contributed by atoms with Gasteiger partial charge in [-0.2, -0.15) is 0 Å². The number of hydrogen-bond donors (Lipinski definition) is 1. The summed E-state index contributed by atoms with van der Waals surface area (Å²) in [6, 6.07) is 0. The summed E-state index contributed by atoms with van der Waals surface area (Å²) in [7, 11) is -3.02. The molecule has 0 radical (unpaired) electrons. The molecule has 0 amide bonds. The van der Waals surface area contributed by atoms with Crippen LogP contribution in [-0.2, 0) is 10.0 Å². The second kappa shape index (κ2) is 9.76. The van der Waals surface area contributed by atoms with Crippen LogP contribution in [0.4, 0.5) is 0 Å². The highest BCUT2D eigenvalue weighted by Crippen LogP contribution is 2.29. The Morgan fingerprint density at radius 1 is 0.895 bits per heavy atom. The highest BCUT2D eigenvalue weighted by molar-refractivity contribution is 7.88. The van der Waals surface area contributed by atoms with Gasteiger partial charge in [0.05, 0.1) is 6.26 Å². The highest BCUT2D eigenvalue weighted by Gasteiger charge is 2.16. The quantitative estimate of drug-likeness (QED) is 0.550. The van der Waals surface area contributed by atoms with E-state index in [4.69, 9.17) is 0 Å². The topological polar surface area (TPSA) is 46.2 Å². The van der Waals surface area contributed by atoms with Gasteiger partial charge in [-0.05, 0) is 24.7 Å². The largest absolute Gasteiger partial charge is 0.215 e. The summed E-state index contributed by atoms with van der Waals surface area (Å²) >= 11 is 0. The predicted molar refractivity (Wildman–Crippen MR) is 83.9 cm³/mol. The molecule has 0 aromatic heterocycles. The van der Waals surface area contributed by atoms with E-state index in [0.717, 1.165) is 12.8 Å². The van der Waals surface area contributed by atoms with Crippen LogP contribution in [0.3, 0.4) is 0 Å². The van der Waals surface area contributed by atoms with Crippen LogP contribution in [-0.4, -0.2) is 21.2 Å². The summed E-state index contributed by atoms with van der Waals surface area (Å²) in [6.45, 7) is 7.39. The molecule has 0 heterocycles.